The number of carbonyl (C=O) groups is 3. The van der Waals surface area contributed by atoms with Crippen molar-refractivity contribution in [2.45, 2.75) is 25.0 Å². The highest BCUT2D eigenvalue weighted by molar-refractivity contribution is 6.18. The van der Waals surface area contributed by atoms with E-state index in [2.05, 4.69) is 6.58 Å². The van der Waals surface area contributed by atoms with Crippen LogP contribution in [0.3, 0.4) is 0 Å². The van der Waals surface area contributed by atoms with Crippen LogP contribution in [0.4, 0.5) is 0 Å². The van der Waals surface area contributed by atoms with E-state index in [0.717, 1.165) is 12.1 Å². The summed E-state index contributed by atoms with van der Waals surface area (Å²) in [4.78, 5) is 33.9. The molecule has 1 aromatic carbocycles. The highest BCUT2D eigenvalue weighted by Crippen LogP contribution is 2.26. The summed E-state index contributed by atoms with van der Waals surface area (Å²) < 4.78 is 4.95. The Labute approximate surface area is 143 Å². The first-order valence-electron chi connectivity index (χ1n) is 6.86. The van der Waals surface area contributed by atoms with E-state index in [1.54, 1.807) is 0 Å². The second kappa shape index (κ2) is 7.94. The zero-order chi connectivity index (χ0) is 18.5. The van der Waals surface area contributed by atoms with Gasteiger partial charge in [-0.05, 0) is 18.6 Å². The van der Waals surface area contributed by atoms with Crippen LogP contribution in [0.2, 0.25) is 0 Å². The summed E-state index contributed by atoms with van der Waals surface area (Å²) in [5.74, 6) is -4.00. The van der Waals surface area contributed by atoms with Crippen molar-refractivity contribution in [3.63, 3.8) is 0 Å². The van der Waals surface area contributed by atoms with Gasteiger partial charge in [0, 0.05) is 12.5 Å². The first-order valence-corrected chi connectivity index (χ1v) is 7.39. The molecule has 7 nitrogen and oxygen atoms in total. The smallest absolute Gasteiger partial charge is 0.336 e. The Hall–Kier alpha value is -2.38. The highest BCUT2D eigenvalue weighted by Gasteiger charge is 2.37. The summed E-state index contributed by atoms with van der Waals surface area (Å²) in [5.41, 5.74) is -2.59. The topological polar surface area (TPSA) is 121 Å². The molecule has 24 heavy (non-hydrogen) atoms. The van der Waals surface area contributed by atoms with Crippen molar-refractivity contribution >= 4 is 29.5 Å². The number of aromatic carboxylic acids is 2. The van der Waals surface area contributed by atoms with Crippen LogP contribution in [0.25, 0.3) is 0 Å². The standard InChI is InChI=1S/C16H17ClO7/c1-3-12(18)24-9(2)16(23,8-17)7-10-5-4-6-11(14(19)20)13(10)15(21)22/h3-6,9,23H,1,7-8H2,2H3,(H,19,20)(H,21,22). The number of hydrogen-bond donors (Lipinski definition) is 3. The largest absolute Gasteiger partial charge is 0.478 e. The predicted octanol–water partition coefficient (Wildman–Crippen LogP) is 1.71. The number of esters is 1. The monoisotopic (exact) mass is 356 g/mol. The molecule has 0 saturated carbocycles. The molecule has 0 aliphatic rings. The average molecular weight is 357 g/mol. The fraction of sp³-hybridized carbons (Fsp3) is 0.312. The lowest BCUT2D eigenvalue weighted by molar-refractivity contribution is -0.155. The third-order valence-corrected chi connectivity index (χ3v) is 4.00. The molecule has 1 aromatic rings. The lowest BCUT2D eigenvalue weighted by atomic mass is 9.87. The molecule has 0 spiro atoms. The molecule has 0 aromatic heterocycles. The number of carboxylic acid groups (broad SMARTS) is 2. The first kappa shape index (κ1) is 19.7. The zero-order valence-electron chi connectivity index (χ0n) is 12.9. The maximum Gasteiger partial charge on any atom is 0.336 e. The normalized spacial score (nSPS) is 14.3. The maximum absolute atomic E-state index is 11.4. The molecule has 0 radical (unpaired) electrons. The molecule has 8 heteroatoms. The lowest BCUT2D eigenvalue weighted by Crippen LogP contribution is -2.47. The average Bonchev–Trinajstić information content (AvgIpc) is 2.53. The number of aliphatic hydroxyl groups is 1. The second-order valence-electron chi connectivity index (χ2n) is 5.15. The molecule has 2 atom stereocenters. The molecule has 0 saturated heterocycles. The van der Waals surface area contributed by atoms with E-state index < -0.39 is 40.7 Å². The number of alkyl halides is 1. The molecule has 0 amide bonds. The molecule has 0 aliphatic carbocycles. The Morgan fingerprint density at radius 1 is 1.33 bits per heavy atom. The first-order chi connectivity index (χ1) is 11.2. The molecule has 3 N–H and O–H groups in total. The van der Waals surface area contributed by atoms with Gasteiger partial charge in [-0.25, -0.2) is 14.4 Å². The number of ether oxygens (including phenoxy) is 1. The second-order valence-corrected chi connectivity index (χ2v) is 5.41. The number of carbonyl (C=O) groups excluding carboxylic acids is 1. The third-order valence-electron chi connectivity index (χ3n) is 3.54. The van der Waals surface area contributed by atoms with Gasteiger partial charge in [0.2, 0.25) is 0 Å². The van der Waals surface area contributed by atoms with Gasteiger partial charge in [0.05, 0.1) is 17.0 Å². The highest BCUT2D eigenvalue weighted by atomic mass is 35.5. The zero-order valence-corrected chi connectivity index (χ0v) is 13.6. The Balaban J connectivity index is 3.28. The van der Waals surface area contributed by atoms with Crippen molar-refractivity contribution in [2.24, 2.45) is 0 Å². The van der Waals surface area contributed by atoms with Crippen LogP contribution in [0.15, 0.2) is 30.9 Å². The Morgan fingerprint density at radius 2 is 1.96 bits per heavy atom. The summed E-state index contributed by atoms with van der Waals surface area (Å²) >= 11 is 5.78. The molecule has 0 aliphatic heterocycles. The van der Waals surface area contributed by atoms with E-state index in [9.17, 15) is 24.6 Å². The molecular weight excluding hydrogens is 340 g/mol. The van der Waals surface area contributed by atoms with Crippen LogP contribution in [0, 0.1) is 0 Å². The van der Waals surface area contributed by atoms with Crippen LogP contribution >= 0.6 is 11.6 Å². The van der Waals surface area contributed by atoms with Crippen molar-refractivity contribution in [2.75, 3.05) is 5.88 Å². The molecule has 2 unspecified atom stereocenters. The molecule has 0 heterocycles. The third kappa shape index (κ3) is 4.33. The summed E-state index contributed by atoms with van der Waals surface area (Å²) in [6.45, 7) is 4.64. The van der Waals surface area contributed by atoms with E-state index in [-0.39, 0.29) is 17.9 Å². The van der Waals surface area contributed by atoms with Crippen molar-refractivity contribution in [1.29, 1.82) is 0 Å². The van der Waals surface area contributed by atoms with Gasteiger partial charge in [0.25, 0.3) is 0 Å². The van der Waals surface area contributed by atoms with E-state index >= 15 is 0 Å². The van der Waals surface area contributed by atoms with E-state index in [4.69, 9.17) is 21.4 Å². The van der Waals surface area contributed by atoms with Gasteiger partial charge in [0.1, 0.15) is 11.7 Å². The Kier molecular flexibility index (Phi) is 6.51. The van der Waals surface area contributed by atoms with Crippen LogP contribution in [-0.4, -0.2) is 50.8 Å². The van der Waals surface area contributed by atoms with Crippen LogP contribution in [0.1, 0.15) is 33.2 Å². The van der Waals surface area contributed by atoms with E-state index in [0.29, 0.717) is 0 Å². The minimum Gasteiger partial charge on any atom is -0.478 e. The van der Waals surface area contributed by atoms with Crippen molar-refractivity contribution in [3.05, 3.63) is 47.5 Å². The summed E-state index contributed by atoms with van der Waals surface area (Å²) in [7, 11) is 0. The number of carboxylic acids is 2. The fourth-order valence-electron chi connectivity index (χ4n) is 2.14. The van der Waals surface area contributed by atoms with Gasteiger partial charge in [-0.1, -0.05) is 18.7 Å². The van der Waals surface area contributed by atoms with Crippen LogP contribution in [0.5, 0.6) is 0 Å². The van der Waals surface area contributed by atoms with Gasteiger partial charge < -0.3 is 20.1 Å². The summed E-state index contributed by atoms with van der Waals surface area (Å²) in [6, 6.07) is 3.88. The van der Waals surface area contributed by atoms with Crippen molar-refractivity contribution < 1.29 is 34.4 Å². The Morgan fingerprint density at radius 3 is 2.42 bits per heavy atom. The number of rotatable bonds is 8. The van der Waals surface area contributed by atoms with Crippen molar-refractivity contribution in [3.8, 4) is 0 Å². The number of benzene rings is 1. The van der Waals surface area contributed by atoms with Gasteiger partial charge in [-0.3, -0.25) is 0 Å². The molecule has 1 rings (SSSR count). The van der Waals surface area contributed by atoms with Gasteiger partial charge >= 0.3 is 17.9 Å². The minimum atomic E-state index is -1.79. The van der Waals surface area contributed by atoms with Gasteiger partial charge in [-0.2, -0.15) is 0 Å². The van der Waals surface area contributed by atoms with Crippen LogP contribution in [-0.2, 0) is 16.0 Å². The molecular formula is C16H17ClO7. The molecule has 0 bridgehead atoms. The summed E-state index contributed by atoms with van der Waals surface area (Å²) in [6.07, 6.45) is -0.473. The number of halogens is 1. The Bertz CT molecular complexity index is 670. The van der Waals surface area contributed by atoms with E-state index in [1.807, 2.05) is 0 Å². The van der Waals surface area contributed by atoms with E-state index in [1.165, 1.54) is 19.1 Å². The molecule has 0 fully saturated rings. The molecule has 130 valence electrons. The van der Waals surface area contributed by atoms with Crippen LogP contribution < -0.4 is 0 Å². The van der Waals surface area contributed by atoms with Crippen molar-refractivity contribution in [1.82, 2.24) is 0 Å². The quantitative estimate of drug-likeness (QED) is 0.368. The van der Waals surface area contributed by atoms with Gasteiger partial charge in [0.15, 0.2) is 0 Å². The lowest BCUT2D eigenvalue weighted by Gasteiger charge is -2.32. The maximum atomic E-state index is 11.4. The number of hydrogen-bond acceptors (Lipinski definition) is 5. The summed E-state index contributed by atoms with van der Waals surface area (Å²) in [5, 5.41) is 29.1. The van der Waals surface area contributed by atoms with Gasteiger partial charge in [-0.15, -0.1) is 11.6 Å². The predicted molar refractivity (Wildman–Crippen MR) is 85.5 cm³/mol. The fourth-order valence-corrected chi connectivity index (χ4v) is 2.45. The minimum absolute atomic E-state index is 0.0621. The SMILES string of the molecule is C=CC(=O)OC(C)C(O)(CCl)Cc1cccc(C(=O)O)c1C(=O)O.